The molecule has 7 heteroatoms. The number of hydrogen-bond donors (Lipinski definition) is 0. The molecule has 0 aromatic carbocycles. The molecule has 0 aliphatic carbocycles. The van der Waals surface area contributed by atoms with Crippen LogP contribution >= 0.6 is 0 Å². The van der Waals surface area contributed by atoms with Crippen molar-refractivity contribution < 1.29 is 27.0 Å². The Balaban J connectivity index is 3.10. The molecule has 1 aromatic heterocycles. The summed E-state index contributed by atoms with van der Waals surface area (Å²) in [6.45, 7) is 0.446. The van der Waals surface area contributed by atoms with Crippen molar-refractivity contribution in [2.45, 2.75) is 20.0 Å². The summed E-state index contributed by atoms with van der Waals surface area (Å²) < 4.78 is 56.6. The van der Waals surface area contributed by atoms with Gasteiger partial charge in [-0.3, -0.25) is 0 Å². The molecule has 0 fully saturated rings. The minimum atomic E-state index is -4.85. The maximum absolute atomic E-state index is 12.5. The number of methoxy groups -OCH3 is 1. The highest BCUT2D eigenvalue weighted by Gasteiger charge is 2.32. The van der Waals surface area contributed by atoms with E-state index in [0.717, 1.165) is 6.07 Å². The average Bonchev–Trinajstić information content (AvgIpc) is 2.14. The number of aromatic nitrogens is 1. The SMILES string of the molecule is COc1c(CF)cc(OC(F)(F)F)nc1C. The first-order valence-electron chi connectivity index (χ1n) is 4.23. The highest BCUT2D eigenvalue weighted by atomic mass is 19.4. The van der Waals surface area contributed by atoms with E-state index in [1.54, 1.807) is 0 Å². The number of alkyl halides is 4. The summed E-state index contributed by atoms with van der Waals surface area (Å²) in [6, 6.07) is 0.860. The molecule has 1 aromatic rings. The Hall–Kier alpha value is -1.53. The van der Waals surface area contributed by atoms with Crippen LogP contribution in [0, 0.1) is 6.92 Å². The molecule has 16 heavy (non-hydrogen) atoms. The maximum Gasteiger partial charge on any atom is 0.574 e. The molecule has 0 unspecified atom stereocenters. The van der Waals surface area contributed by atoms with E-state index < -0.39 is 18.9 Å². The Bertz CT molecular complexity index is 379. The fourth-order valence-corrected chi connectivity index (χ4v) is 1.24. The Labute approximate surface area is 89.0 Å². The Morgan fingerprint density at radius 2 is 2.00 bits per heavy atom. The summed E-state index contributed by atoms with van der Waals surface area (Å²) in [5, 5.41) is 0. The molecule has 0 atom stereocenters. The minimum Gasteiger partial charge on any atom is -0.494 e. The Kier molecular flexibility index (Phi) is 3.56. The minimum absolute atomic E-state index is 0.0331. The van der Waals surface area contributed by atoms with Crippen LogP contribution in [0.4, 0.5) is 17.6 Å². The number of pyridine rings is 1. The van der Waals surface area contributed by atoms with Crippen LogP contribution in [-0.2, 0) is 6.67 Å². The fourth-order valence-electron chi connectivity index (χ4n) is 1.24. The number of nitrogens with zero attached hydrogens (tertiary/aromatic N) is 1. The standard InChI is InChI=1S/C9H9F4NO2/c1-5-8(15-2)6(4-10)3-7(14-5)16-9(11,12)13/h3H,4H2,1-2H3. The van der Waals surface area contributed by atoms with Crippen LogP contribution in [0.1, 0.15) is 11.3 Å². The summed E-state index contributed by atoms with van der Waals surface area (Å²) in [5.41, 5.74) is 0.103. The van der Waals surface area contributed by atoms with E-state index in [9.17, 15) is 17.6 Å². The summed E-state index contributed by atoms with van der Waals surface area (Å²) in [5.74, 6) is -0.574. The van der Waals surface area contributed by atoms with E-state index in [1.807, 2.05) is 0 Å². The van der Waals surface area contributed by atoms with Gasteiger partial charge in [-0.1, -0.05) is 0 Å². The van der Waals surface area contributed by atoms with Crippen molar-refractivity contribution in [3.63, 3.8) is 0 Å². The lowest BCUT2D eigenvalue weighted by molar-refractivity contribution is -0.276. The lowest BCUT2D eigenvalue weighted by atomic mass is 10.2. The predicted molar refractivity (Wildman–Crippen MR) is 47.0 cm³/mol. The van der Waals surface area contributed by atoms with E-state index in [4.69, 9.17) is 4.74 Å². The molecule has 0 amide bonds. The third kappa shape index (κ3) is 2.98. The number of aryl methyl sites for hydroxylation is 1. The molecule has 0 bridgehead atoms. The Morgan fingerprint density at radius 3 is 2.44 bits per heavy atom. The molecule has 0 aliphatic rings. The highest BCUT2D eigenvalue weighted by Crippen LogP contribution is 2.29. The molecule has 0 saturated heterocycles. The number of rotatable bonds is 3. The molecule has 0 spiro atoms. The van der Waals surface area contributed by atoms with Gasteiger partial charge in [-0.05, 0) is 6.92 Å². The highest BCUT2D eigenvalue weighted by molar-refractivity contribution is 5.39. The van der Waals surface area contributed by atoms with Gasteiger partial charge in [-0.25, -0.2) is 9.37 Å². The van der Waals surface area contributed by atoms with Gasteiger partial charge in [0, 0.05) is 11.6 Å². The van der Waals surface area contributed by atoms with Crippen molar-refractivity contribution in [2.24, 2.45) is 0 Å². The van der Waals surface area contributed by atoms with Crippen molar-refractivity contribution >= 4 is 0 Å². The molecule has 0 saturated carbocycles. The summed E-state index contributed by atoms with van der Waals surface area (Å²) in [4.78, 5) is 3.50. The second-order valence-corrected chi connectivity index (χ2v) is 2.92. The van der Waals surface area contributed by atoms with Crippen LogP contribution in [0.2, 0.25) is 0 Å². The third-order valence-corrected chi connectivity index (χ3v) is 1.76. The van der Waals surface area contributed by atoms with E-state index in [-0.39, 0.29) is 17.0 Å². The second kappa shape index (κ2) is 4.54. The predicted octanol–water partition coefficient (Wildman–Crippen LogP) is 2.77. The Morgan fingerprint density at radius 1 is 1.38 bits per heavy atom. The summed E-state index contributed by atoms with van der Waals surface area (Å²) >= 11 is 0. The van der Waals surface area contributed by atoms with E-state index in [2.05, 4.69) is 9.72 Å². The van der Waals surface area contributed by atoms with Gasteiger partial charge in [0.1, 0.15) is 12.4 Å². The van der Waals surface area contributed by atoms with Gasteiger partial charge in [-0.15, -0.1) is 13.2 Å². The molecule has 3 nitrogen and oxygen atoms in total. The summed E-state index contributed by atoms with van der Waals surface area (Å²) in [7, 11) is 1.29. The first-order valence-corrected chi connectivity index (χ1v) is 4.23. The average molecular weight is 239 g/mol. The first-order chi connectivity index (χ1) is 7.37. The monoisotopic (exact) mass is 239 g/mol. The molecular weight excluding hydrogens is 230 g/mol. The molecular formula is C9H9F4NO2. The zero-order valence-electron chi connectivity index (χ0n) is 8.56. The van der Waals surface area contributed by atoms with E-state index in [0.29, 0.717) is 0 Å². The van der Waals surface area contributed by atoms with Gasteiger partial charge in [0.2, 0.25) is 5.88 Å². The molecule has 1 heterocycles. The van der Waals surface area contributed by atoms with Crippen molar-refractivity contribution in [3.8, 4) is 11.6 Å². The molecule has 0 radical (unpaired) electrons. The van der Waals surface area contributed by atoms with Crippen molar-refractivity contribution in [2.75, 3.05) is 7.11 Å². The molecule has 90 valence electrons. The van der Waals surface area contributed by atoms with Crippen LogP contribution in [0.25, 0.3) is 0 Å². The largest absolute Gasteiger partial charge is 0.574 e. The van der Waals surface area contributed by atoms with Crippen LogP contribution in [0.3, 0.4) is 0 Å². The number of hydrogen-bond acceptors (Lipinski definition) is 3. The number of halogens is 4. The van der Waals surface area contributed by atoms with Crippen molar-refractivity contribution in [1.82, 2.24) is 4.98 Å². The molecule has 0 N–H and O–H groups in total. The van der Waals surface area contributed by atoms with E-state index in [1.165, 1.54) is 14.0 Å². The van der Waals surface area contributed by atoms with Crippen LogP contribution in [-0.4, -0.2) is 18.5 Å². The zero-order valence-corrected chi connectivity index (χ0v) is 8.56. The molecule has 1 rings (SSSR count). The topological polar surface area (TPSA) is 31.4 Å². The molecule has 0 aliphatic heterocycles. The maximum atomic E-state index is 12.5. The van der Waals surface area contributed by atoms with Crippen LogP contribution in [0.5, 0.6) is 11.6 Å². The fraction of sp³-hybridized carbons (Fsp3) is 0.444. The van der Waals surface area contributed by atoms with Crippen molar-refractivity contribution in [3.05, 3.63) is 17.3 Å². The van der Waals surface area contributed by atoms with Gasteiger partial charge in [0.05, 0.1) is 12.8 Å². The van der Waals surface area contributed by atoms with Crippen molar-refractivity contribution in [1.29, 1.82) is 0 Å². The van der Waals surface area contributed by atoms with Gasteiger partial charge >= 0.3 is 6.36 Å². The van der Waals surface area contributed by atoms with Crippen LogP contribution < -0.4 is 9.47 Å². The van der Waals surface area contributed by atoms with E-state index >= 15 is 0 Å². The normalized spacial score (nSPS) is 11.4. The van der Waals surface area contributed by atoms with Gasteiger partial charge in [0.15, 0.2) is 0 Å². The first kappa shape index (κ1) is 12.5. The quantitative estimate of drug-likeness (QED) is 0.760. The third-order valence-electron chi connectivity index (χ3n) is 1.76. The smallest absolute Gasteiger partial charge is 0.494 e. The van der Waals surface area contributed by atoms with Gasteiger partial charge < -0.3 is 9.47 Å². The summed E-state index contributed by atoms with van der Waals surface area (Å²) in [6.07, 6.45) is -4.85. The van der Waals surface area contributed by atoms with Crippen LogP contribution in [0.15, 0.2) is 6.07 Å². The lowest BCUT2D eigenvalue weighted by Gasteiger charge is -2.12. The number of ether oxygens (including phenoxy) is 2. The zero-order chi connectivity index (χ0) is 12.3. The lowest BCUT2D eigenvalue weighted by Crippen LogP contribution is -2.18. The van der Waals surface area contributed by atoms with Gasteiger partial charge in [-0.2, -0.15) is 0 Å². The van der Waals surface area contributed by atoms with Gasteiger partial charge in [0.25, 0.3) is 0 Å². The second-order valence-electron chi connectivity index (χ2n) is 2.92.